The normalized spacial score (nSPS) is 15.8. The number of carbonyl (C=O) groups is 1. The first-order valence-electron chi connectivity index (χ1n) is 9.65. The highest BCUT2D eigenvalue weighted by atomic mass is 16.6. The predicted octanol–water partition coefficient (Wildman–Crippen LogP) is 3.61. The molecule has 0 saturated carbocycles. The Labute approximate surface area is 167 Å². The molecule has 150 valence electrons. The van der Waals surface area contributed by atoms with Crippen molar-refractivity contribution in [1.82, 2.24) is 10.2 Å². The number of amides is 1. The number of nitrogens with zero attached hydrogens (tertiary/aromatic N) is 2. The summed E-state index contributed by atoms with van der Waals surface area (Å²) in [4.78, 5) is 16.4. The Morgan fingerprint density at radius 3 is 2.43 bits per heavy atom. The SMILES string of the molecule is CNC(=O)Oc1ccc(C(C)N2CCN(c3ccccc3C)CC2)cc1OC. The van der Waals surface area contributed by atoms with E-state index in [2.05, 4.69) is 53.2 Å². The number of anilines is 1. The molecule has 2 aromatic rings. The largest absolute Gasteiger partial charge is 0.493 e. The Kier molecular flexibility index (Phi) is 6.41. The van der Waals surface area contributed by atoms with Crippen molar-refractivity contribution in [3.8, 4) is 11.5 Å². The maximum absolute atomic E-state index is 11.5. The first-order chi connectivity index (χ1) is 13.5. The van der Waals surface area contributed by atoms with E-state index >= 15 is 0 Å². The Hall–Kier alpha value is -2.73. The lowest BCUT2D eigenvalue weighted by Gasteiger charge is -2.39. The number of rotatable bonds is 5. The molecule has 0 aliphatic carbocycles. The Morgan fingerprint density at radius 1 is 1.07 bits per heavy atom. The molecule has 2 aromatic carbocycles. The first kappa shape index (κ1) is 20.0. The van der Waals surface area contributed by atoms with Crippen molar-refractivity contribution in [2.45, 2.75) is 19.9 Å². The van der Waals surface area contributed by atoms with Gasteiger partial charge in [-0.05, 0) is 43.2 Å². The molecule has 1 aliphatic rings. The van der Waals surface area contributed by atoms with Crippen molar-refractivity contribution >= 4 is 11.8 Å². The molecule has 0 aromatic heterocycles. The predicted molar refractivity (Wildman–Crippen MR) is 111 cm³/mol. The number of nitrogens with one attached hydrogen (secondary N) is 1. The fourth-order valence-corrected chi connectivity index (χ4v) is 3.66. The molecule has 28 heavy (non-hydrogen) atoms. The van der Waals surface area contributed by atoms with Crippen LogP contribution >= 0.6 is 0 Å². The molecule has 3 rings (SSSR count). The minimum absolute atomic E-state index is 0.252. The van der Waals surface area contributed by atoms with E-state index in [1.165, 1.54) is 18.3 Å². The number of hydrogen-bond donors (Lipinski definition) is 1. The van der Waals surface area contributed by atoms with Gasteiger partial charge < -0.3 is 19.7 Å². The zero-order chi connectivity index (χ0) is 20.1. The molecular weight excluding hydrogens is 354 g/mol. The van der Waals surface area contributed by atoms with Crippen molar-refractivity contribution in [2.75, 3.05) is 45.2 Å². The van der Waals surface area contributed by atoms with Crippen LogP contribution in [0.2, 0.25) is 0 Å². The van der Waals surface area contributed by atoms with Crippen LogP contribution in [0.1, 0.15) is 24.1 Å². The Morgan fingerprint density at radius 2 is 1.79 bits per heavy atom. The van der Waals surface area contributed by atoms with E-state index in [4.69, 9.17) is 9.47 Å². The number of ether oxygens (including phenoxy) is 2. The van der Waals surface area contributed by atoms with Gasteiger partial charge in [0.05, 0.1) is 7.11 Å². The molecule has 0 spiro atoms. The molecule has 1 N–H and O–H groups in total. The number of benzene rings is 2. The van der Waals surface area contributed by atoms with Gasteiger partial charge in [-0.25, -0.2) is 4.79 Å². The number of carbonyl (C=O) groups excluding carboxylic acids is 1. The summed E-state index contributed by atoms with van der Waals surface area (Å²) >= 11 is 0. The quantitative estimate of drug-likeness (QED) is 0.855. The fourth-order valence-electron chi connectivity index (χ4n) is 3.66. The summed E-state index contributed by atoms with van der Waals surface area (Å²) in [5.74, 6) is 0.980. The number of para-hydroxylation sites is 1. The van der Waals surface area contributed by atoms with Gasteiger partial charge in [0.2, 0.25) is 0 Å². The van der Waals surface area contributed by atoms with Gasteiger partial charge in [-0.1, -0.05) is 24.3 Å². The fraction of sp³-hybridized carbons (Fsp3) is 0.409. The molecule has 0 radical (unpaired) electrons. The molecule has 1 amide bonds. The van der Waals surface area contributed by atoms with Crippen molar-refractivity contribution in [1.29, 1.82) is 0 Å². The van der Waals surface area contributed by atoms with Crippen molar-refractivity contribution in [3.05, 3.63) is 53.6 Å². The minimum Gasteiger partial charge on any atom is -0.493 e. The van der Waals surface area contributed by atoms with Gasteiger partial charge >= 0.3 is 6.09 Å². The monoisotopic (exact) mass is 383 g/mol. The standard InChI is InChI=1S/C22H29N3O3/c1-16-7-5-6-8-19(16)25-13-11-24(12-14-25)17(2)18-9-10-20(21(15-18)27-4)28-22(26)23-3/h5-10,15,17H,11-14H2,1-4H3,(H,23,26). The summed E-state index contributed by atoms with van der Waals surface area (Å²) in [7, 11) is 3.11. The molecular formula is C22H29N3O3. The van der Waals surface area contributed by atoms with E-state index in [-0.39, 0.29) is 6.04 Å². The molecule has 0 bridgehead atoms. The van der Waals surface area contributed by atoms with Crippen LogP contribution in [0.3, 0.4) is 0 Å². The second-order valence-electron chi connectivity index (χ2n) is 7.04. The summed E-state index contributed by atoms with van der Waals surface area (Å²) in [6.07, 6.45) is -0.508. The number of methoxy groups -OCH3 is 1. The number of piperazine rings is 1. The van der Waals surface area contributed by atoms with Crippen LogP contribution in [0.4, 0.5) is 10.5 Å². The molecule has 1 fully saturated rings. The summed E-state index contributed by atoms with van der Waals surface area (Å²) in [6, 6.07) is 14.6. The molecule has 6 heteroatoms. The van der Waals surface area contributed by atoms with E-state index < -0.39 is 6.09 Å². The summed E-state index contributed by atoms with van der Waals surface area (Å²) in [5, 5.41) is 2.45. The lowest BCUT2D eigenvalue weighted by molar-refractivity contribution is 0.196. The molecule has 1 aliphatic heterocycles. The smallest absolute Gasteiger partial charge is 0.412 e. The van der Waals surface area contributed by atoms with Crippen molar-refractivity contribution in [3.63, 3.8) is 0 Å². The summed E-state index contributed by atoms with van der Waals surface area (Å²) in [5.41, 5.74) is 3.79. The van der Waals surface area contributed by atoms with E-state index in [0.29, 0.717) is 11.5 Å². The van der Waals surface area contributed by atoms with E-state index in [9.17, 15) is 4.79 Å². The van der Waals surface area contributed by atoms with E-state index in [0.717, 1.165) is 31.7 Å². The Balaban J connectivity index is 1.67. The van der Waals surface area contributed by atoms with Gasteiger partial charge in [0.1, 0.15) is 0 Å². The highest BCUT2D eigenvalue weighted by Gasteiger charge is 2.24. The lowest BCUT2D eigenvalue weighted by atomic mass is 10.0. The van der Waals surface area contributed by atoms with Crippen LogP contribution < -0.4 is 19.7 Å². The van der Waals surface area contributed by atoms with Crippen LogP contribution in [0.15, 0.2) is 42.5 Å². The second kappa shape index (κ2) is 8.97. The number of aryl methyl sites for hydroxylation is 1. The highest BCUT2D eigenvalue weighted by Crippen LogP contribution is 2.33. The lowest BCUT2D eigenvalue weighted by Crippen LogP contribution is -2.47. The minimum atomic E-state index is -0.508. The van der Waals surface area contributed by atoms with Gasteiger partial charge in [-0.15, -0.1) is 0 Å². The van der Waals surface area contributed by atoms with E-state index in [1.54, 1.807) is 13.2 Å². The third-order valence-electron chi connectivity index (χ3n) is 5.39. The maximum Gasteiger partial charge on any atom is 0.412 e. The summed E-state index contributed by atoms with van der Waals surface area (Å²) < 4.78 is 10.7. The van der Waals surface area contributed by atoms with Crippen molar-refractivity contribution < 1.29 is 14.3 Å². The Bertz CT molecular complexity index is 816. The van der Waals surface area contributed by atoms with Gasteiger partial charge in [0.15, 0.2) is 11.5 Å². The third kappa shape index (κ3) is 4.39. The molecule has 1 unspecified atom stereocenters. The molecule has 1 heterocycles. The van der Waals surface area contributed by atoms with Gasteiger partial charge in [0.25, 0.3) is 0 Å². The average molecular weight is 383 g/mol. The van der Waals surface area contributed by atoms with Crippen LogP contribution in [0.25, 0.3) is 0 Å². The van der Waals surface area contributed by atoms with E-state index in [1.807, 2.05) is 12.1 Å². The van der Waals surface area contributed by atoms with Gasteiger partial charge in [-0.2, -0.15) is 0 Å². The first-order valence-corrected chi connectivity index (χ1v) is 9.65. The molecule has 1 atom stereocenters. The van der Waals surface area contributed by atoms with Crippen molar-refractivity contribution in [2.24, 2.45) is 0 Å². The maximum atomic E-state index is 11.5. The topological polar surface area (TPSA) is 54.0 Å². The average Bonchev–Trinajstić information content (AvgIpc) is 2.74. The molecule has 6 nitrogen and oxygen atoms in total. The van der Waals surface area contributed by atoms with Crippen LogP contribution in [0.5, 0.6) is 11.5 Å². The van der Waals surface area contributed by atoms with Crippen LogP contribution in [-0.2, 0) is 0 Å². The zero-order valence-corrected chi connectivity index (χ0v) is 17.1. The van der Waals surface area contributed by atoms with Crippen LogP contribution in [0, 0.1) is 6.92 Å². The van der Waals surface area contributed by atoms with Crippen LogP contribution in [-0.4, -0.2) is 51.3 Å². The highest BCUT2D eigenvalue weighted by molar-refractivity contribution is 5.71. The van der Waals surface area contributed by atoms with Gasteiger partial charge in [-0.3, -0.25) is 4.90 Å². The third-order valence-corrected chi connectivity index (χ3v) is 5.39. The second-order valence-corrected chi connectivity index (χ2v) is 7.04. The number of hydrogen-bond acceptors (Lipinski definition) is 5. The summed E-state index contributed by atoms with van der Waals surface area (Å²) in [6.45, 7) is 8.37. The van der Waals surface area contributed by atoms with Gasteiger partial charge in [0, 0.05) is 45.0 Å². The zero-order valence-electron chi connectivity index (χ0n) is 17.1. The molecule has 1 saturated heterocycles.